The van der Waals surface area contributed by atoms with Crippen molar-refractivity contribution in [2.24, 2.45) is 5.73 Å². The number of benzene rings is 2. The van der Waals surface area contributed by atoms with Crippen molar-refractivity contribution in [2.75, 3.05) is 27.0 Å². The molecule has 0 radical (unpaired) electrons. The molecule has 2 aromatic carbocycles. The van der Waals surface area contributed by atoms with Crippen LogP contribution in [0.5, 0.6) is 11.5 Å². The van der Waals surface area contributed by atoms with Gasteiger partial charge in [0.15, 0.2) is 0 Å². The fourth-order valence-electron chi connectivity index (χ4n) is 3.06. The highest BCUT2D eigenvalue weighted by molar-refractivity contribution is 6.02. The number of carbonyl (C=O) groups excluding carboxylic acids is 1. The fourth-order valence-corrected chi connectivity index (χ4v) is 3.06. The van der Waals surface area contributed by atoms with Crippen LogP contribution in [0.2, 0.25) is 0 Å². The zero-order valence-electron chi connectivity index (χ0n) is 16.3. The number of nitrogens with one attached hydrogen (secondary N) is 2. The molecular formula is C21H26N4O3. The van der Waals surface area contributed by atoms with E-state index in [1.54, 1.807) is 27.3 Å². The maximum atomic E-state index is 12.4. The quantitative estimate of drug-likeness (QED) is 0.431. The summed E-state index contributed by atoms with van der Waals surface area (Å²) in [5.74, 6) is 1.03. The second kappa shape index (κ2) is 8.12. The van der Waals surface area contributed by atoms with Crippen molar-refractivity contribution >= 4 is 17.3 Å². The van der Waals surface area contributed by atoms with Crippen molar-refractivity contribution in [2.45, 2.75) is 18.9 Å². The third-order valence-electron chi connectivity index (χ3n) is 4.75. The van der Waals surface area contributed by atoms with Crippen molar-refractivity contribution < 1.29 is 14.3 Å². The van der Waals surface area contributed by atoms with Gasteiger partial charge in [-0.1, -0.05) is 18.2 Å². The molecule has 0 aromatic heterocycles. The predicted octanol–water partition coefficient (Wildman–Crippen LogP) is 2.08. The Labute approximate surface area is 164 Å². The molecule has 1 amide bonds. The largest absolute Gasteiger partial charge is 0.497 e. The summed E-state index contributed by atoms with van der Waals surface area (Å²) in [6, 6.07) is 11.3. The summed E-state index contributed by atoms with van der Waals surface area (Å²) < 4.78 is 10.8. The molecule has 7 heteroatoms. The van der Waals surface area contributed by atoms with Gasteiger partial charge in [-0.25, -0.2) is 0 Å². The Balaban J connectivity index is 2.06. The fraction of sp³-hybridized carbons (Fsp3) is 0.286. The minimum absolute atomic E-state index is 0.111. The molecule has 2 aromatic rings. The lowest BCUT2D eigenvalue weighted by atomic mass is 9.97. The van der Waals surface area contributed by atoms with Gasteiger partial charge in [0.25, 0.3) is 5.91 Å². The highest BCUT2D eigenvalue weighted by Gasteiger charge is 2.26. The van der Waals surface area contributed by atoms with Crippen molar-refractivity contribution in [3.8, 4) is 22.6 Å². The van der Waals surface area contributed by atoms with Gasteiger partial charge in [-0.15, -0.1) is 0 Å². The summed E-state index contributed by atoms with van der Waals surface area (Å²) in [6.45, 7) is 0. The van der Waals surface area contributed by atoms with Crippen LogP contribution in [0, 0.1) is 0 Å². The molecule has 0 heterocycles. The molecule has 0 unspecified atom stereocenters. The minimum Gasteiger partial charge on any atom is -0.497 e. The molecule has 148 valence electrons. The smallest absolute Gasteiger partial charge is 0.269 e. The SMILES string of the molecule is CN/C(=C(/N)C(=O)NC1CC1)c1cccc(-c2ccc(OC)cc2OC)c1N. The number of nitrogens with two attached hydrogens (primary N) is 2. The summed E-state index contributed by atoms with van der Waals surface area (Å²) in [4.78, 5) is 12.4. The van der Waals surface area contributed by atoms with Crippen molar-refractivity contribution in [3.63, 3.8) is 0 Å². The number of amides is 1. The van der Waals surface area contributed by atoms with Crippen LogP contribution >= 0.6 is 0 Å². The summed E-state index contributed by atoms with van der Waals surface area (Å²) in [5, 5.41) is 5.92. The standard InChI is InChI=1S/C21H26N4O3/c1-24-20(19(23)21(26)25-12-7-8-12)16-6-4-5-15(18(16)22)14-10-9-13(27-2)11-17(14)28-3/h4-6,9-12,24H,7-8,22-23H2,1-3H3,(H,25,26)/b20-19+. The molecule has 0 spiro atoms. The van der Waals surface area contributed by atoms with Gasteiger partial charge in [0.05, 0.1) is 19.9 Å². The molecule has 0 bridgehead atoms. The number of para-hydroxylation sites is 1. The number of rotatable bonds is 7. The van der Waals surface area contributed by atoms with E-state index in [2.05, 4.69) is 10.6 Å². The number of methoxy groups -OCH3 is 2. The zero-order chi connectivity index (χ0) is 20.3. The third-order valence-corrected chi connectivity index (χ3v) is 4.75. The van der Waals surface area contributed by atoms with Crippen LogP contribution in [0.1, 0.15) is 18.4 Å². The summed E-state index contributed by atoms with van der Waals surface area (Å²) in [7, 11) is 4.91. The summed E-state index contributed by atoms with van der Waals surface area (Å²) in [5.41, 5.74) is 16.0. The van der Waals surface area contributed by atoms with Gasteiger partial charge in [-0.05, 0) is 25.0 Å². The van der Waals surface area contributed by atoms with Crippen LogP contribution in [0.4, 0.5) is 5.69 Å². The molecule has 1 saturated carbocycles. The van der Waals surface area contributed by atoms with Crippen LogP contribution in [0.15, 0.2) is 42.1 Å². The molecule has 3 rings (SSSR count). The molecule has 1 fully saturated rings. The summed E-state index contributed by atoms with van der Waals surface area (Å²) >= 11 is 0. The lowest BCUT2D eigenvalue weighted by Gasteiger charge is -2.18. The highest BCUT2D eigenvalue weighted by Crippen LogP contribution is 2.38. The Hall–Kier alpha value is -3.35. The van der Waals surface area contributed by atoms with Crippen LogP contribution in [0.3, 0.4) is 0 Å². The average molecular weight is 382 g/mol. The molecule has 7 nitrogen and oxygen atoms in total. The molecule has 28 heavy (non-hydrogen) atoms. The molecule has 0 atom stereocenters. The van der Waals surface area contributed by atoms with Gasteiger partial charge in [-0.3, -0.25) is 4.79 Å². The van der Waals surface area contributed by atoms with Crippen LogP contribution < -0.4 is 31.6 Å². The van der Waals surface area contributed by atoms with E-state index < -0.39 is 0 Å². The normalized spacial score (nSPS) is 14.1. The molecule has 0 saturated heterocycles. The predicted molar refractivity (Wildman–Crippen MR) is 111 cm³/mol. The first-order valence-corrected chi connectivity index (χ1v) is 9.09. The molecule has 6 N–H and O–H groups in total. The number of hydrogen-bond donors (Lipinski definition) is 4. The van der Waals surface area contributed by atoms with E-state index in [0.29, 0.717) is 28.4 Å². The number of nitrogen functional groups attached to an aromatic ring is 1. The maximum Gasteiger partial charge on any atom is 0.269 e. The molecular weight excluding hydrogens is 356 g/mol. The van der Waals surface area contributed by atoms with Gasteiger partial charge < -0.3 is 31.6 Å². The van der Waals surface area contributed by atoms with E-state index in [9.17, 15) is 4.79 Å². The topological polar surface area (TPSA) is 112 Å². The van der Waals surface area contributed by atoms with Crippen molar-refractivity contribution in [1.82, 2.24) is 10.6 Å². The van der Waals surface area contributed by atoms with Crippen LogP contribution in [0.25, 0.3) is 16.8 Å². The van der Waals surface area contributed by atoms with Gasteiger partial charge in [0.2, 0.25) is 0 Å². The van der Waals surface area contributed by atoms with Gasteiger partial charge in [0, 0.05) is 41.5 Å². The van der Waals surface area contributed by atoms with E-state index in [1.165, 1.54) is 0 Å². The molecule has 0 aliphatic heterocycles. The molecule has 1 aliphatic carbocycles. The third kappa shape index (κ3) is 3.83. The van der Waals surface area contributed by atoms with E-state index in [4.69, 9.17) is 20.9 Å². The Morgan fingerprint density at radius 2 is 1.86 bits per heavy atom. The Morgan fingerprint density at radius 1 is 1.11 bits per heavy atom. The number of carbonyl (C=O) groups is 1. The monoisotopic (exact) mass is 382 g/mol. The number of ether oxygens (including phenoxy) is 2. The Bertz CT molecular complexity index is 920. The number of anilines is 1. The van der Waals surface area contributed by atoms with E-state index >= 15 is 0 Å². The van der Waals surface area contributed by atoms with Crippen molar-refractivity contribution in [3.05, 3.63) is 47.7 Å². The van der Waals surface area contributed by atoms with E-state index in [0.717, 1.165) is 24.0 Å². The number of hydrogen-bond acceptors (Lipinski definition) is 6. The Kier molecular flexibility index (Phi) is 5.63. The Morgan fingerprint density at radius 3 is 2.46 bits per heavy atom. The van der Waals surface area contributed by atoms with E-state index in [1.807, 2.05) is 30.3 Å². The van der Waals surface area contributed by atoms with Crippen LogP contribution in [-0.4, -0.2) is 33.2 Å². The average Bonchev–Trinajstić information content (AvgIpc) is 3.53. The van der Waals surface area contributed by atoms with E-state index in [-0.39, 0.29) is 17.6 Å². The first kappa shape index (κ1) is 19.4. The highest BCUT2D eigenvalue weighted by atomic mass is 16.5. The van der Waals surface area contributed by atoms with Gasteiger partial charge in [-0.2, -0.15) is 0 Å². The maximum absolute atomic E-state index is 12.4. The summed E-state index contributed by atoms with van der Waals surface area (Å²) in [6.07, 6.45) is 1.98. The lowest BCUT2D eigenvalue weighted by Crippen LogP contribution is -2.32. The zero-order valence-corrected chi connectivity index (χ0v) is 16.3. The first-order chi connectivity index (χ1) is 13.5. The minimum atomic E-state index is -0.293. The second-order valence-electron chi connectivity index (χ2n) is 6.62. The van der Waals surface area contributed by atoms with Gasteiger partial charge >= 0.3 is 0 Å². The van der Waals surface area contributed by atoms with Crippen LogP contribution in [-0.2, 0) is 4.79 Å². The van der Waals surface area contributed by atoms with Gasteiger partial charge in [0.1, 0.15) is 17.2 Å². The molecule has 1 aliphatic rings. The lowest BCUT2D eigenvalue weighted by molar-refractivity contribution is -0.117. The first-order valence-electron chi connectivity index (χ1n) is 9.09. The second-order valence-corrected chi connectivity index (χ2v) is 6.62. The van der Waals surface area contributed by atoms with Crippen molar-refractivity contribution in [1.29, 1.82) is 0 Å².